The van der Waals surface area contributed by atoms with Crippen LogP contribution in [0, 0.1) is 23.2 Å². The van der Waals surface area contributed by atoms with Gasteiger partial charge in [0.05, 0.1) is 26.1 Å². The summed E-state index contributed by atoms with van der Waals surface area (Å²) in [6.07, 6.45) is 11.5. The molecule has 2 nitrogen and oxygen atoms in total. The molecule has 0 aromatic heterocycles. The lowest BCUT2D eigenvalue weighted by Crippen LogP contribution is -2.41. The summed E-state index contributed by atoms with van der Waals surface area (Å²) in [4.78, 5) is 0. The van der Waals surface area contributed by atoms with Gasteiger partial charge in [0.15, 0.2) is 0 Å². The standard InChI is InChI=1S/C16H24O2/c1-4-8-17-11-16(12-18-9-5-2)13(3)14-6-7-15(16)10-14/h4-7,9,13-15H,1,8,10-12H2,2-3H3. The quantitative estimate of drug-likeness (QED) is 0.389. The zero-order valence-electron chi connectivity index (χ0n) is 11.5. The van der Waals surface area contributed by atoms with E-state index in [9.17, 15) is 0 Å². The molecule has 100 valence electrons. The first kappa shape index (κ1) is 13.4. The lowest BCUT2D eigenvalue weighted by molar-refractivity contribution is -0.0329. The Morgan fingerprint density at radius 1 is 1.39 bits per heavy atom. The number of ether oxygens (including phenoxy) is 2. The Kier molecular flexibility index (Phi) is 4.28. The van der Waals surface area contributed by atoms with Crippen LogP contribution in [0.1, 0.15) is 20.3 Å². The van der Waals surface area contributed by atoms with Gasteiger partial charge in [0, 0.05) is 5.41 Å². The molecule has 1 fully saturated rings. The molecular formula is C16H24O2. The molecular weight excluding hydrogens is 224 g/mol. The molecule has 1 saturated carbocycles. The molecule has 0 aromatic rings. The van der Waals surface area contributed by atoms with Gasteiger partial charge in [0.2, 0.25) is 0 Å². The van der Waals surface area contributed by atoms with Gasteiger partial charge in [-0.3, -0.25) is 0 Å². The number of rotatable bonds is 7. The molecule has 4 atom stereocenters. The minimum Gasteiger partial charge on any atom is -0.501 e. The molecule has 0 aliphatic heterocycles. The van der Waals surface area contributed by atoms with Gasteiger partial charge < -0.3 is 9.47 Å². The van der Waals surface area contributed by atoms with Crippen molar-refractivity contribution in [1.29, 1.82) is 0 Å². The minimum atomic E-state index is 0.141. The molecule has 0 N–H and O–H groups in total. The average molecular weight is 248 g/mol. The van der Waals surface area contributed by atoms with E-state index in [-0.39, 0.29) is 5.41 Å². The van der Waals surface area contributed by atoms with Crippen molar-refractivity contribution in [3.05, 3.63) is 37.1 Å². The van der Waals surface area contributed by atoms with Crippen LogP contribution in [-0.2, 0) is 9.47 Å². The molecule has 4 unspecified atom stereocenters. The van der Waals surface area contributed by atoms with Gasteiger partial charge in [-0.2, -0.15) is 0 Å². The molecule has 2 aliphatic rings. The first-order chi connectivity index (χ1) is 8.74. The predicted octanol–water partition coefficient (Wildman–Crippen LogP) is 3.57. The first-order valence-corrected chi connectivity index (χ1v) is 6.84. The van der Waals surface area contributed by atoms with Crippen molar-refractivity contribution in [3.8, 4) is 0 Å². The highest BCUT2D eigenvalue weighted by atomic mass is 16.5. The largest absolute Gasteiger partial charge is 0.501 e. The van der Waals surface area contributed by atoms with E-state index in [0.717, 1.165) is 13.2 Å². The SMILES string of the molecule is C=CCOCC1(COC=CC)C2C=CC(C2)C1C. The van der Waals surface area contributed by atoms with Crippen LogP contribution in [0.15, 0.2) is 37.1 Å². The van der Waals surface area contributed by atoms with Crippen molar-refractivity contribution in [2.75, 3.05) is 19.8 Å². The highest BCUT2D eigenvalue weighted by molar-refractivity contribution is 5.18. The molecule has 0 heterocycles. The van der Waals surface area contributed by atoms with Gasteiger partial charge in [0.25, 0.3) is 0 Å². The van der Waals surface area contributed by atoms with Gasteiger partial charge in [-0.1, -0.05) is 31.2 Å². The summed E-state index contributed by atoms with van der Waals surface area (Å²) in [5.74, 6) is 1.94. The van der Waals surface area contributed by atoms with Gasteiger partial charge in [-0.05, 0) is 31.1 Å². The molecule has 2 aliphatic carbocycles. The molecule has 2 rings (SSSR count). The molecule has 2 bridgehead atoms. The summed E-state index contributed by atoms with van der Waals surface area (Å²) >= 11 is 0. The van der Waals surface area contributed by atoms with E-state index in [1.165, 1.54) is 6.42 Å². The third-order valence-corrected chi connectivity index (χ3v) is 4.60. The van der Waals surface area contributed by atoms with Gasteiger partial charge in [0.1, 0.15) is 0 Å². The van der Waals surface area contributed by atoms with Crippen molar-refractivity contribution in [1.82, 2.24) is 0 Å². The number of fused-ring (bicyclic) bond motifs is 2. The van der Waals surface area contributed by atoms with E-state index < -0.39 is 0 Å². The lowest BCUT2D eigenvalue weighted by atomic mass is 9.70. The van der Waals surface area contributed by atoms with E-state index >= 15 is 0 Å². The maximum atomic E-state index is 5.77. The van der Waals surface area contributed by atoms with E-state index in [2.05, 4.69) is 25.7 Å². The number of hydrogen-bond acceptors (Lipinski definition) is 2. The number of hydrogen-bond donors (Lipinski definition) is 0. The highest BCUT2D eigenvalue weighted by Crippen LogP contribution is 2.56. The fourth-order valence-electron chi connectivity index (χ4n) is 3.44. The molecule has 2 heteroatoms. The van der Waals surface area contributed by atoms with Crippen molar-refractivity contribution >= 4 is 0 Å². The topological polar surface area (TPSA) is 18.5 Å². The van der Waals surface area contributed by atoms with Crippen molar-refractivity contribution in [2.45, 2.75) is 20.3 Å². The van der Waals surface area contributed by atoms with E-state index in [1.54, 1.807) is 6.26 Å². The van der Waals surface area contributed by atoms with E-state index in [4.69, 9.17) is 9.47 Å². The fourth-order valence-corrected chi connectivity index (χ4v) is 3.44. The Hall–Kier alpha value is -1.02. The third-order valence-electron chi connectivity index (χ3n) is 4.60. The van der Waals surface area contributed by atoms with Crippen molar-refractivity contribution < 1.29 is 9.47 Å². The Morgan fingerprint density at radius 3 is 2.83 bits per heavy atom. The van der Waals surface area contributed by atoms with Crippen LogP contribution in [0.25, 0.3) is 0 Å². The first-order valence-electron chi connectivity index (χ1n) is 6.84. The Morgan fingerprint density at radius 2 is 2.22 bits per heavy atom. The second-order valence-electron chi connectivity index (χ2n) is 5.50. The van der Waals surface area contributed by atoms with Crippen molar-refractivity contribution in [2.24, 2.45) is 23.2 Å². The van der Waals surface area contributed by atoms with Crippen LogP contribution >= 0.6 is 0 Å². The molecule has 18 heavy (non-hydrogen) atoms. The van der Waals surface area contributed by atoms with Crippen LogP contribution in [0.5, 0.6) is 0 Å². The Balaban J connectivity index is 2.07. The predicted molar refractivity (Wildman–Crippen MR) is 74.1 cm³/mol. The normalized spacial score (nSPS) is 37.6. The van der Waals surface area contributed by atoms with Gasteiger partial charge in [-0.25, -0.2) is 0 Å². The summed E-state index contributed by atoms with van der Waals surface area (Å²) in [6.45, 7) is 10.2. The Labute approximate surface area is 110 Å². The van der Waals surface area contributed by atoms with Crippen molar-refractivity contribution in [3.63, 3.8) is 0 Å². The fraction of sp³-hybridized carbons (Fsp3) is 0.625. The average Bonchev–Trinajstić information content (AvgIpc) is 2.94. The maximum absolute atomic E-state index is 5.77. The maximum Gasteiger partial charge on any atom is 0.0959 e. The highest BCUT2D eigenvalue weighted by Gasteiger charge is 2.54. The van der Waals surface area contributed by atoms with Crippen LogP contribution in [0.2, 0.25) is 0 Å². The Bertz CT molecular complexity index is 345. The summed E-state index contributed by atoms with van der Waals surface area (Å²) in [5, 5.41) is 0. The summed E-state index contributed by atoms with van der Waals surface area (Å²) in [7, 11) is 0. The van der Waals surface area contributed by atoms with Crippen LogP contribution in [0.3, 0.4) is 0 Å². The zero-order chi connectivity index (χ0) is 13.0. The smallest absolute Gasteiger partial charge is 0.0959 e. The third kappa shape index (κ3) is 2.26. The second-order valence-corrected chi connectivity index (χ2v) is 5.50. The zero-order valence-corrected chi connectivity index (χ0v) is 11.5. The van der Waals surface area contributed by atoms with Crippen LogP contribution in [0.4, 0.5) is 0 Å². The van der Waals surface area contributed by atoms with Gasteiger partial charge >= 0.3 is 0 Å². The molecule has 0 saturated heterocycles. The molecule has 0 aromatic carbocycles. The van der Waals surface area contributed by atoms with E-state index in [0.29, 0.717) is 24.4 Å². The minimum absolute atomic E-state index is 0.141. The second kappa shape index (κ2) is 5.75. The van der Waals surface area contributed by atoms with Gasteiger partial charge in [-0.15, -0.1) is 6.58 Å². The van der Waals surface area contributed by atoms with Crippen LogP contribution in [-0.4, -0.2) is 19.8 Å². The summed E-state index contributed by atoms with van der Waals surface area (Å²) in [5.41, 5.74) is 0.141. The summed E-state index contributed by atoms with van der Waals surface area (Å²) in [6, 6.07) is 0. The molecule has 0 amide bonds. The molecule has 0 spiro atoms. The van der Waals surface area contributed by atoms with Crippen LogP contribution < -0.4 is 0 Å². The monoisotopic (exact) mass is 248 g/mol. The van der Waals surface area contributed by atoms with E-state index in [1.807, 2.05) is 19.1 Å². The molecule has 0 radical (unpaired) electrons. The number of allylic oxidation sites excluding steroid dienone is 3. The summed E-state index contributed by atoms with van der Waals surface area (Å²) < 4.78 is 11.5. The lowest BCUT2D eigenvalue weighted by Gasteiger charge is -2.39.